The number of carbonyl (C=O) groups excluding carboxylic acids is 17. The molecule has 0 aliphatic heterocycles. The number of aryl methyl sites for hydroxylation is 1. The van der Waals surface area contributed by atoms with E-state index in [1.807, 2.05) is 0 Å². The number of carbonyl (C=O) groups is 17. The summed E-state index contributed by atoms with van der Waals surface area (Å²) in [6, 6.07) is 0. The SMILES string of the molecule is CC(C)C(=O)OCOC(=O)C(C)(C)C.CC(C)C(=O)OCOC(=O)C(C)C.CC(OC(=O)C(C)C)OC(=O)C(C)(C)C.CC(OC(=O)C(C)C)OC(=O)C(C)C.CC(OC(=O)OC(C)(C)C)OC(=O)C(C)C.CC(OC(=O)OC1CCCCC1)OC(=O)C(C)C.CCC(=O)OC(C)OC(=O)C(C)C.CCC(=O)OCOC(=O)C(C)C.Cc1oc(=O)oc1COC(=O)C(C)C. The molecule has 0 saturated heterocycles. The molecule has 1 heterocycles. The van der Waals surface area contributed by atoms with Crippen LogP contribution >= 0.6 is 0 Å². The van der Waals surface area contributed by atoms with E-state index in [1.165, 1.54) is 41.0 Å². The van der Waals surface area contributed by atoms with Crippen LogP contribution in [0.2, 0.25) is 0 Å². The van der Waals surface area contributed by atoms with Crippen LogP contribution in [0.5, 0.6) is 0 Å². The highest BCUT2D eigenvalue weighted by Gasteiger charge is 2.29. The molecule has 1 fully saturated rings. The van der Waals surface area contributed by atoms with Crippen LogP contribution in [-0.2, 0) is 169 Å². The molecule has 0 radical (unpaired) electrons. The molecule has 1 saturated carbocycles. The second kappa shape index (κ2) is 70.5. The van der Waals surface area contributed by atoms with E-state index in [2.05, 4.69) is 32.5 Å². The Kier molecular flexibility index (Phi) is 72.0. The maximum atomic E-state index is 11.4. The summed E-state index contributed by atoms with van der Waals surface area (Å²) in [7, 11) is 0. The van der Waals surface area contributed by atoms with Crippen LogP contribution in [0.25, 0.3) is 0 Å². The third-order valence-corrected chi connectivity index (χ3v) is 14.4. The lowest BCUT2D eigenvalue weighted by molar-refractivity contribution is -0.193. The Balaban J connectivity index is -0.000000260. The molecular weight excluding hydrogens is 1700 g/mol. The van der Waals surface area contributed by atoms with E-state index in [1.54, 1.807) is 235 Å². The monoisotopic (exact) mass is 1860 g/mol. The number of hydrogen-bond acceptors (Lipinski definition) is 39. The summed E-state index contributed by atoms with van der Waals surface area (Å²) in [4.78, 5) is 199. The topological polar surface area (TPSA) is 509 Å². The quantitative estimate of drug-likeness (QED) is 0.0367. The molecule has 39 heteroatoms. The van der Waals surface area contributed by atoms with Crippen LogP contribution < -0.4 is 5.82 Å². The molecule has 1 aromatic rings. The molecule has 39 nitrogen and oxygen atoms in total. The predicted molar refractivity (Wildman–Crippen MR) is 463 cm³/mol. The van der Waals surface area contributed by atoms with Crippen LogP contribution in [0.4, 0.5) is 9.59 Å². The van der Waals surface area contributed by atoms with Gasteiger partial charge in [-0.1, -0.05) is 173 Å². The lowest BCUT2D eigenvalue weighted by atomic mass is 9.97. The highest BCUT2D eigenvalue weighted by molar-refractivity contribution is 5.78. The minimum atomic E-state index is -0.940. The molecule has 1 aromatic heterocycles. The van der Waals surface area contributed by atoms with E-state index in [9.17, 15) is 86.3 Å². The van der Waals surface area contributed by atoms with E-state index in [0.29, 0.717) is 12.2 Å². The van der Waals surface area contributed by atoms with Gasteiger partial charge in [-0.15, -0.1) is 0 Å². The zero-order valence-electron chi connectivity index (χ0n) is 84.0. The molecule has 129 heavy (non-hydrogen) atoms. The van der Waals surface area contributed by atoms with E-state index < -0.39 is 78.0 Å². The van der Waals surface area contributed by atoms with Crippen molar-refractivity contribution in [2.75, 3.05) is 20.4 Å². The predicted octanol–water partition coefficient (Wildman–Crippen LogP) is 16.2. The minimum absolute atomic E-state index is 0.0562. The first-order chi connectivity index (χ1) is 58.8. The van der Waals surface area contributed by atoms with Crippen molar-refractivity contribution in [3.05, 3.63) is 22.1 Å². The van der Waals surface area contributed by atoms with Crippen molar-refractivity contribution in [3.63, 3.8) is 0 Å². The Labute approximate surface area is 762 Å². The minimum Gasteiger partial charge on any atom is -0.457 e. The van der Waals surface area contributed by atoms with Gasteiger partial charge in [-0.3, -0.25) is 71.9 Å². The summed E-state index contributed by atoms with van der Waals surface area (Å²) in [6.45, 7) is 64.9. The molecule has 4 unspecified atom stereocenters. The summed E-state index contributed by atoms with van der Waals surface area (Å²) in [6.07, 6.45) is -0.243. The van der Waals surface area contributed by atoms with Crippen LogP contribution in [0.15, 0.2) is 13.6 Å². The van der Waals surface area contributed by atoms with Crippen molar-refractivity contribution >= 4 is 102 Å². The van der Waals surface area contributed by atoms with Gasteiger partial charge in [-0.25, -0.2) is 14.4 Å². The van der Waals surface area contributed by atoms with Crippen molar-refractivity contribution in [2.24, 2.45) is 75.9 Å². The summed E-state index contributed by atoms with van der Waals surface area (Å²) in [5, 5.41) is 0. The number of esters is 15. The van der Waals surface area contributed by atoms with E-state index in [0.717, 1.165) is 25.7 Å². The van der Waals surface area contributed by atoms with Crippen molar-refractivity contribution in [1.82, 2.24) is 0 Å². The second-order valence-corrected chi connectivity index (χ2v) is 34.8. The van der Waals surface area contributed by atoms with E-state index in [4.69, 9.17) is 66.3 Å². The van der Waals surface area contributed by atoms with Crippen LogP contribution in [0, 0.1) is 82.9 Å². The first-order valence-electron chi connectivity index (χ1n) is 43.0. The fourth-order valence-electron chi connectivity index (χ4n) is 6.64. The van der Waals surface area contributed by atoms with Gasteiger partial charge in [-0.2, -0.15) is 0 Å². The molecule has 750 valence electrons. The number of hydrogen-bond donors (Lipinski definition) is 0. The average Bonchev–Trinajstić information content (AvgIpc) is 1.76. The van der Waals surface area contributed by atoms with E-state index in [-0.39, 0.29) is 188 Å². The molecule has 0 spiro atoms. The van der Waals surface area contributed by atoms with Crippen molar-refractivity contribution in [1.29, 1.82) is 0 Å². The largest absolute Gasteiger partial charge is 0.519 e. The van der Waals surface area contributed by atoms with E-state index >= 15 is 0 Å². The summed E-state index contributed by atoms with van der Waals surface area (Å²) < 4.78 is 100. The summed E-state index contributed by atoms with van der Waals surface area (Å²) in [5.41, 5.74) is -1.78. The van der Waals surface area contributed by atoms with Crippen molar-refractivity contribution < 1.29 is 180 Å². The van der Waals surface area contributed by atoms with Gasteiger partial charge in [0, 0.05) is 47.5 Å². The number of ether oxygens (including phenoxy) is 19. The highest BCUT2D eigenvalue weighted by atomic mass is 16.8. The molecule has 2 rings (SSSR count). The Morgan fingerprint density at radius 2 is 0.566 bits per heavy atom. The Morgan fingerprint density at radius 3 is 0.837 bits per heavy atom. The zero-order valence-corrected chi connectivity index (χ0v) is 84.0. The molecule has 1 aliphatic carbocycles. The number of rotatable bonds is 32. The molecule has 0 amide bonds. The fourth-order valence-corrected chi connectivity index (χ4v) is 6.64. The zero-order chi connectivity index (χ0) is 102. The van der Waals surface area contributed by atoms with Crippen LogP contribution in [0.1, 0.15) is 320 Å². The van der Waals surface area contributed by atoms with Gasteiger partial charge >= 0.3 is 108 Å². The standard InChI is InChI=1S/C13H22O5.C11H20O5.C11H20O4.2C10H18O4.C9H12O5.2C9H16O4.C8H14O4/c1-9(2)12(14)16-10(3)17-13(15)18-11-7-5-4-6-8-11;1-7(2)9(12)14-8(3)15-10(13)16-11(4,5)6;1-7(2)9(12)14-8(3)15-10(13)11(4,5)6;1-7(2)8(11)13-6-14-9(12)10(3,4)5;1-6(2)9(11)13-8(5)14-10(12)7(3)4;1-5(2)8(10)12-4-7-6(3)13-9(11)14-7;1-6(2)8(10)12-5-13-9(11)7(3)4;1-5-8(10)12-7(4)13-9(11)6(2)3;1-4-7(9)11-5-12-8(10)6(2)3/h9-11H,4-8H2,1-3H3;7-8H,1-6H3;7-8H,1-6H3;7H,6H2,1-5H3;6-8H,1-5H3;5H,4H2,1-3H3;2*6-7H,5H2,1-4H3;6H,4-5H2,1-3H3. The average molecular weight is 1860 g/mol. The molecular formula is C90H156O39. The van der Waals surface area contributed by atoms with Crippen LogP contribution in [0.3, 0.4) is 0 Å². The molecule has 0 bridgehead atoms. The van der Waals surface area contributed by atoms with Crippen molar-refractivity contribution in [3.8, 4) is 0 Å². The van der Waals surface area contributed by atoms with Gasteiger partial charge in [0.15, 0.2) is 18.1 Å². The summed E-state index contributed by atoms with van der Waals surface area (Å²) >= 11 is 0. The lowest BCUT2D eigenvalue weighted by Gasteiger charge is -2.22. The van der Waals surface area contributed by atoms with Crippen LogP contribution in [-0.4, -0.2) is 165 Å². The molecule has 1 aliphatic rings. The molecule has 0 aromatic carbocycles. The lowest BCUT2D eigenvalue weighted by Crippen LogP contribution is -2.30. The van der Waals surface area contributed by atoms with Gasteiger partial charge < -0.3 is 98.8 Å². The molecule has 0 N–H and O–H groups in total. The first kappa shape index (κ1) is 132. The third kappa shape index (κ3) is 78.4. The normalized spacial score (nSPS) is 12.5. The highest BCUT2D eigenvalue weighted by Crippen LogP contribution is 2.22. The van der Waals surface area contributed by atoms with Gasteiger partial charge in [0.25, 0.3) is 0 Å². The van der Waals surface area contributed by atoms with Crippen molar-refractivity contribution in [2.45, 2.75) is 365 Å². The summed E-state index contributed by atoms with van der Waals surface area (Å²) in [5.74, 6) is -8.12. The Bertz CT molecular complexity index is 3480. The van der Waals surface area contributed by atoms with Gasteiger partial charge in [0.1, 0.15) is 11.7 Å². The maximum Gasteiger partial charge on any atom is 0.519 e. The molecule has 4 atom stereocenters. The maximum absolute atomic E-state index is 11.4. The Hall–Kier alpha value is -10.4. The Morgan fingerprint density at radius 1 is 0.302 bits per heavy atom. The van der Waals surface area contributed by atoms with Gasteiger partial charge in [0.05, 0.1) is 75.9 Å². The van der Waals surface area contributed by atoms with Gasteiger partial charge in [0.2, 0.25) is 51.8 Å². The smallest absolute Gasteiger partial charge is 0.457 e. The first-order valence-corrected chi connectivity index (χ1v) is 43.0. The van der Waals surface area contributed by atoms with Gasteiger partial charge in [-0.05, 0) is 94.9 Å². The second-order valence-electron chi connectivity index (χ2n) is 34.8. The third-order valence-electron chi connectivity index (χ3n) is 14.4. The fraction of sp³-hybridized carbons (Fsp3) is 0.778.